The first-order valence-corrected chi connectivity index (χ1v) is 7.60. The van der Waals surface area contributed by atoms with Gasteiger partial charge in [-0.2, -0.15) is 0 Å². The number of piperazine rings is 3. The Hall–Kier alpha value is -1.59. The molecular formula is C16H23N3O2. The summed E-state index contributed by atoms with van der Waals surface area (Å²) in [6.45, 7) is 6.45. The van der Waals surface area contributed by atoms with Crippen molar-refractivity contribution < 1.29 is 9.53 Å². The van der Waals surface area contributed by atoms with Crippen LogP contribution in [0.2, 0.25) is 0 Å². The number of nitrogens with zero attached hydrogens (tertiary/aromatic N) is 2. The van der Waals surface area contributed by atoms with E-state index in [2.05, 4.69) is 15.1 Å². The summed E-state index contributed by atoms with van der Waals surface area (Å²) in [6.07, 6.45) is 0.410. The molecule has 5 heteroatoms. The Labute approximate surface area is 125 Å². The Morgan fingerprint density at radius 3 is 2.81 bits per heavy atom. The van der Waals surface area contributed by atoms with Gasteiger partial charge in [0.25, 0.3) is 0 Å². The van der Waals surface area contributed by atoms with Crippen molar-refractivity contribution in [1.82, 2.24) is 15.1 Å². The number of ether oxygens (including phenoxy) is 1. The zero-order valence-electron chi connectivity index (χ0n) is 12.5. The molecule has 3 saturated heterocycles. The summed E-state index contributed by atoms with van der Waals surface area (Å²) in [5, 5.41) is 3.08. The quantitative estimate of drug-likeness (QED) is 0.850. The summed E-state index contributed by atoms with van der Waals surface area (Å²) in [4.78, 5) is 17.1. The molecule has 1 amide bonds. The van der Waals surface area contributed by atoms with Crippen molar-refractivity contribution in [2.75, 3.05) is 46.4 Å². The largest absolute Gasteiger partial charge is 0.497 e. The summed E-state index contributed by atoms with van der Waals surface area (Å²) in [5.74, 6) is 0.879. The Kier molecular flexibility index (Phi) is 4.41. The lowest BCUT2D eigenvalue weighted by molar-refractivity contribution is -0.121. The molecule has 3 heterocycles. The maximum atomic E-state index is 12.1. The van der Waals surface area contributed by atoms with Crippen LogP contribution >= 0.6 is 0 Å². The van der Waals surface area contributed by atoms with Crippen LogP contribution in [0.3, 0.4) is 0 Å². The van der Waals surface area contributed by atoms with Crippen molar-refractivity contribution in [1.29, 1.82) is 0 Å². The van der Waals surface area contributed by atoms with Crippen LogP contribution in [-0.4, -0.2) is 68.1 Å². The fourth-order valence-corrected chi connectivity index (χ4v) is 3.18. The molecule has 3 fully saturated rings. The third kappa shape index (κ3) is 3.54. The van der Waals surface area contributed by atoms with Crippen molar-refractivity contribution in [3.05, 3.63) is 29.8 Å². The van der Waals surface area contributed by atoms with Gasteiger partial charge < -0.3 is 10.1 Å². The van der Waals surface area contributed by atoms with Crippen LogP contribution in [0.15, 0.2) is 24.3 Å². The molecule has 0 radical (unpaired) electrons. The van der Waals surface area contributed by atoms with E-state index >= 15 is 0 Å². The molecule has 1 atom stereocenters. The van der Waals surface area contributed by atoms with Gasteiger partial charge in [0.1, 0.15) is 5.75 Å². The molecular weight excluding hydrogens is 266 g/mol. The predicted molar refractivity (Wildman–Crippen MR) is 81.5 cm³/mol. The first kappa shape index (κ1) is 14.4. The van der Waals surface area contributed by atoms with Gasteiger partial charge in [0.2, 0.25) is 5.91 Å². The summed E-state index contributed by atoms with van der Waals surface area (Å²) in [7, 11) is 1.64. The van der Waals surface area contributed by atoms with Gasteiger partial charge in [-0.05, 0) is 17.7 Å². The van der Waals surface area contributed by atoms with Crippen LogP contribution in [0.25, 0.3) is 0 Å². The average Bonchev–Trinajstić information content (AvgIpc) is 2.54. The third-order valence-corrected chi connectivity index (χ3v) is 4.43. The van der Waals surface area contributed by atoms with Crippen molar-refractivity contribution in [3.63, 3.8) is 0 Å². The number of fused-ring (bicyclic) bond motifs is 3. The fourth-order valence-electron chi connectivity index (χ4n) is 3.18. The molecule has 2 bridgehead atoms. The van der Waals surface area contributed by atoms with Crippen LogP contribution in [0.4, 0.5) is 0 Å². The number of carbonyl (C=O) groups is 1. The zero-order valence-corrected chi connectivity index (χ0v) is 12.5. The van der Waals surface area contributed by atoms with E-state index in [1.54, 1.807) is 7.11 Å². The number of benzene rings is 1. The molecule has 0 aliphatic carbocycles. The molecule has 114 valence electrons. The number of amides is 1. The SMILES string of the molecule is COc1cccc(CC(=O)NCC2CN3CCN2CC3)c1. The second kappa shape index (κ2) is 6.45. The standard InChI is InChI=1S/C16H23N3O2/c1-21-15-4-2-3-13(9-15)10-16(20)17-11-14-12-18-5-7-19(14)8-6-18/h2-4,9,14H,5-8,10-12H2,1H3,(H,17,20). The number of carbonyl (C=O) groups excluding carboxylic acids is 1. The van der Waals surface area contributed by atoms with Gasteiger partial charge in [0.05, 0.1) is 13.5 Å². The Balaban J connectivity index is 1.48. The second-order valence-corrected chi connectivity index (χ2v) is 5.82. The first-order chi connectivity index (χ1) is 10.2. The second-order valence-electron chi connectivity index (χ2n) is 5.82. The van der Waals surface area contributed by atoms with Gasteiger partial charge in [0.15, 0.2) is 0 Å². The monoisotopic (exact) mass is 289 g/mol. The van der Waals surface area contributed by atoms with E-state index < -0.39 is 0 Å². The van der Waals surface area contributed by atoms with Gasteiger partial charge in [-0.25, -0.2) is 0 Å². The van der Waals surface area contributed by atoms with E-state index in [9.17, 15) is 4.79 Å². The number of rotatable bonds is 5. The smallest absolute Gasteiger partial charge is 0.224 e. The maximum Gasteiger partial charge on any atom is 0.224 e. The third-order valence-electron chi connectivity index (χ3n) is 4.43. The lowest BCUT2D eigenvalue weighted by atomic mass is 10.1. The molecule has 0 saturated carbocycles. The summed E-state index contributed by atoms with van der Waals surface area (Å²) >= 11 is 0. The van der Waals surface area contributed by atoms with E-state index in [-0.39, 0.29) is 5.91 Å². The van der Waals surface area contributed by atoms with Crippen LogP contribution in [0, 0.1) is 0 Å². The minimum Gasteiger partial charge on any atom is -0.497 e. The highest BCUT2D eigenvalue weighted by atomic mass is 16.5. The minimum absolute atomic E-state index is 0.0842. The van der Waals surface area contributed by atoms with Crippen molar-refractivity contribution in [3.8, 4) is 5.75 Å². The van der Waals surface area contributed by atoms with Crippen molar-refractivity contribution >= 4 is 5.91 Å². The highest BCUT2D eigenvalue weighted by Gasteiger charge is 2.31. The molecule has 0 spiro atoms. The molecule has 21 heavy (non-hydrogen) atoms. The topological polar surface area (TPSA) is 44.8 Å². The van der Waals surface area contributed by atoms with Gasteiger partial charge >= 0.3 is 0 Å². The van der Waals surface area contributed by atoms with Gasteiger partial charge in [-0.15, -0.1) is 0 Å². The average molecular weight is 289 g/mol. The lowest BCUT2D eigenvalue weighted by Gasteiger charge is -2.47. The number of hydrogen-bond donors (Lipinski definition) is 1. The van der Waals surface area contributed by atoms with Crippen LogP contribution in [0.5, 0.6) is 5.75 Å². The van der Waals surface area contributed by atoms with Crippen LogP contribution in [0.1, 0.15) is 5.56 Å². The molecule has 1 aromatic rings. The van der Waals surface area contributed by atoms with Gasteiger partial charge in [-0.1, -0.05) is 12.1 Å². The summed E-state index contributed by atoms with van der Waals surface area (Å²) < 4.78 is 5.18. The first-order valence-electron chi connectivity index (χ1n) is 7.60. The Morgan fingerprint density at radius 2 is 2.14 bits per heavy atom. The minimum atomic E-state index is 0.0842. The molecule has 0 aromatic heterocycles. The van der Waals surface area contributed by atoms with Gasteiger partial charge in [0, 0.05) is 45.3 Å². The zero-order chi connectivity index (χ0) is 14.7. The van der Waals surface area contributed by atoms with E-state index in [1.807, 2.05) is 24.3 Å². The Bertz CT molecular complexity index is 498. The highest BCUT2D eigenvalue weighted by Crippen LogP contribution is 2.15. The van der Waals surface area contributed by atoms with E-state index in [0.717, 1.165) is 37.5 Å². The molecule has 4 rings (SSSR count). The molecule has 1 aromatic carbocycles. The van der Waals surface area contributed by atoms with E-state index in [4.69, 9.17) is 4.74 Å². The van der Waals surface area contributed by atoms with Gasteiger partial charge in [-0.3, -0.25) is 14.6 Å². The summed E-state index contributed by atoms with van der Waals surface area (Å²) in [6, 6.07) is 8.15. The lowest BCUT2D eigenvalue weighted by Crippen LogP contribution is -2.63. The van der Waals surface area contributed by atoms with E-state index in [1.165, 1.54) is 13.1 Å². The van der Waals surface area contributed by atoms with Crippen LogP contribution in [-0.2, 0) is 11.2 Å². The predicted octanol–water partition coefficient (Wildman–Crippen LogP) is 0.354. The summed E-state index contributed by atoms with van der Waals surface area (Å²) in [5.41, 5.74) is 0.987. The van der Waals surface area contributed by atoms with Crippen molar-refractivity contribution in [2.24, 2.45) is 0 Å². The maximum absolute atomic E-state index is 12.1. The molecule has 1 N–H and O–H groups in total. The number of methoxy groups -OCH3 is 1. The van der Waals surface area contributed by atoms with Crippen molar-refractivity contribution in [2.45, 2.75) is 12.5 Å². The Morgan fingerprint density at radius 1 is 1.33 bits per heavy atom. The highest BCUT2D eigenvalue weighted by molar-refractivity contribution is 5.78. The molecule has 3 aliphatic rings. The normalized spacial score (nSPS) is 27.4. The fraction of sp³-hybridized carbons (Fsp3) is 0.562. The molecule has 1 unspecified atom stereocenters. The number of hydrogen-bond acceptors (Lipinski definition) is 4. The van der Waals surface area contributed by atoms with E-state index in [0.29, 0.717) is 12.5 Å². The van der Waals surface area contributed by atoms with Crippen LogP contribution < -0.4 is 10.1 Å². The molecule has 5 nitrogen and oxygen atoms in total. The molecule has 3 aliphatic heterocycles. The number of nitrogens with one attached hydrogen (secondary N) is 1.